The molecule has 0 amide bonds. The molecule has 3 aromatic carbocycles. The fraction of sp³-hybridized carbons (Fsp3) is 0.158. The van der Waals surface area contributed by atoms with Crippen molar-refractivity contribution in [2.75, 3.05) is 0 Å². The number of hydrogen-bond donors (Lipinski definition) is 0. The first-order chi connectivity index (χ1) is 11.0. The second-order valence-electron chi connectivity index (χ2n) is 5.91. The Kier molecular flexibility index (Phi) is 3.16. The van der Waals surface area contributed by atoms with Crippen LogP contribution in [0.15, 0.2) is 59.5 Å². The second-order valence-corrected chi connectivity index (χ2v) is 7.43. The molecule has 3 nitrogen and oxygen atoms in total. The predicted octanol–water partition coefficient (Wildman–Crippen LogP) is 4.01. The van der Waals surface area contributed by atoms with E-state index >= 15 is 0 Å². The molecular formula is C19H16O3S. The Hall–Kier alpha value is -2.33. The highest BCUT2D eigenvalue weighted by molar-refractivity contribution is 7.87. The lowest BCUT2D eigenvalue weighted by molar-refractivity contribution is 0.487. The average molecular weight is 324 g/mol. The fourth-order valence-corrected chi connectivity index (χ4v) is 4.33. The summed E-state index contributed by atoms with van der Waals surface area (Å²) < 4.78 is 30.8. The molecule has 0 unspecified atom stereocenters. The molecule has 0 atom stereocenters. The predicted molar refractivity (Wildman–Crippen MR) is 90.3 cm³/mol. The van der Waals surface area contributed by atoms with Gasteiger partial charge in [0.25, 0.3) is 0 Å². The number of rotatable bonds is 3. The minimum atomic E-state index is -3.86. The van der Waals surface area contributed by atoms with Crippen molar-refractivity contribution in [1.82, 2.24) is 0 Å². The summed E-state index contributed by atoms with van der Waals surface area (Å²) in [6.07, 6.45) is 1.93. The number of hydrogen-bond acceptors (Lipinski definition) is 3. The SMILES string of the molecule is Cc1ccc(OS(=O)(=O)c2ccc3c4c(cccc24)CC3)cc1. The Labute approximate surface area is 135 Å². The zero-order chi connectivity index (χ0) is 16.0. The quantitative estimate of drug-likeness (QED) is 0.684. The third-order valence-corrected chi connectivity index (χ3v) is 5.64. The highest BCUT2D eigenvalue weighted by atomic mass is 32.2. The van der Waals surface area contributed by atoms with Gasteiger partial charge >= 0.3 is 10.1 Å². The van der Waals surface area contributed by atoms with E-state index in [9.17, 15) is 8.42 Å². The largest absolute Gasteiger partial charge is 0.379 e. The molecule has 116 valence electrons. The van der Waals surface area contributed by atoms with E-state index in [0.29, 0.717) is 5.75 Å². The van der Waals surface area contributed by atoms with Gasteiger partial charge in [-0.15, -0.1) is 0 Å². The van der Waals surface area contributed by atoms with Crippen LogP contribution in [0.25, 0.3) is 10.8 Å². The van der Waals surface area contributed by atoms with Gasteiger partial charge in [0.2, 0.25) is 0 Å². The van der Waals surface area contributed by atoms with Gasteiger partial charge in [-0.25, -0.2) is 0 Å². The lowest BCUT2D eigenvalue weighted by Crippen LogP contribution is -2.10. The Morgan fingerprint density at radius 1 is 0.870 bits per heavy atom. The third kappa shape index (κ3) is 2.39. The van der Waals surface area contributed by atoms with Crippen LogP contribution in [-0.2, 0) is 23.0 Å². The van der Waals surface area contributed by atoms with Gasteiger partial charge in [0.1, 0.15) is 10.6 Å². The number of aryl methyl sites for hydroxylation is 3. The number of benzene rings is 3. The molecule has 0 bridgehead atoms. The summed E-state index contributed by atoms with van der Waals surface area (Å²) in [6.45, 7) is 1.95. The highest BCUT2D eigenvalue weighted by Crippen LogP contribution is 2.35. The highest BCUT2D eigenvalue weighted by Gasteiger charge is 2.24. The first-order valence-electron chi connectivity index (χ1n) is 7.59. The van der Waals surface area contributed by atoms with Crippen molar-refractivity contribution in [3.8, 4) is 5.75 Å². The van der Waals surface area contributed by atoms with Crippen LogP contribution < -0.4 is 4.18 Å². The zero-order valence-electron chi connectivity index (χ0n) is 12.7. The van der Waals surface area contributed by atoms with Crippen molar-refractivity contribution in [1.29, 1.82) is 0 Å². The van der Waals surface area contributed by atoms with Gasteiger partial charge in [-0.05, 0) is 54.5 Å². The first-order valence-corrected chi connectivity index (χ1v) is 9.00. The summed E-state index contributed by atoms with van der Waals surface area (Å²) in [5, 5.41) is 1.82. The summed E-state index contributed by atoms with van der Waals surface area (Å²) in [5.74, 6) is 0.332. The van der Waals surface area contributed by atoms with Crippen LogP contribution in [0.3, 0.4) is 0 Å². The van der Waals surface area contributed by atoms with Gasteiger partial charge < -0.3 is 4.18 Å². The van der Waals surface area contributed by atoms with Gasteiger partial charge in [0, 0.05) is 5.39 Å². The molecule has 0 saturated carbocycles. The smallest absolute Gasteiger partial charge is 0.339 e. The monoisotopic (exact) mass is 324 g/mol. The second kappa shape index (κ2) is 5.10. The maximum absolute atomic E-state index is 12.7. The molecule has 3 aromatic rings. The summed E-state index contributed by atoms with van der Waals surface area (Å²) >= 11 is 0. The summed E-state index contributed by atoms with van der Waals surface area (Å²) in [7, 11) is -3.86. The van der Waals surface area contributed by atoms with Crippen LogP contribution in [-0.4, -0.2) is 8.42 Å². The first kappa shape index (κ1) is 14.3. The molecule has 0 spiro atoms. The van der Waals surface area contributed by atoms with Crippen LogP contribution in [0.5, 0.6) is 5.75 Å². The van der Waals surface area contributed by atoms with Gasteiger partial charge in [-0.3, -0.25) is 0 Å². The van der Waals surface area contributed by atoms with Crippen molar-refractivity contribution >= 4 is 20.9 Å². The van der Waals surface area contributed by atoms with Crippen molar-refractivity contribution in [2.24, 2.45) is 0 Å². The lowest BCUT2D eigenvalue weighted by Gasteiger charge is -2.11. The summed E-state index contributed by atoms with van der Waals surface area (Å²) in [6, 6.07) is 16.4. The molecule has 23 heavy (non-hydrogen) atoms. The molecule has 0 heterocycles. The Morgan fingerprint density at radius 2 is 1.57 bits per heavy atom. The van der Waals surface area contributed by atoms with Crippen LogP contribution in [0.1, 0.15) is 16.7 Å². The van der Waals surface area contributed by atoms with Gasteiger partial charge in [-0.2, -0.15) is 8.42 Å². The fourth-order valence-electron chi connectivity index (χ4n) is 3.20. The van der Waals surface area contributed by atoms with E-state index in [1.807, 2.05) is 37.3 Å². The molecule has 4 heteroatoms. The van der Waals surface area contributed by atoms with Crippen LogP contribution in [0.2, 0.25) is 0 Å². The molecule has 0 saturated heterocycles. The van der Waals surface area contributed by atoms with Crippen molar-refractivity contribution in [2.45, 2.75) is 24.7 Å². The van der Waals surface area contributed by atoms with Gasteiger partial charge in [0.15, 0.2) is 0 Å². The van der Waals surface area contributed by atoms with Crippen molar-refractivity contribution in [3.63, 3.8) is 0 Å². The van der Waals surface area contributed by atoms with Crippen LogP contribution in [0.4, 0.5) is 0 Å². The molecule has 0 radical (unpaired) electrons. The molecule has 0 aliphatic heterocycles. The summed E-state index contributed by atoms with van der Waals surface area (Å²) in [5.41, 5.74) is 3.48. The molecule has 1 aliphatic carbocycles. The normalized spacial score (nSPS) is 13.4. The average Bonchev–Trinajstić information content (AvgIpc) is 2.95. The minimum absolute atomic E-state index is 0.237. The zero-order valence-corrected chi connectivity index (χ0v) is 13.6. The molecule has 0 fully saturated rings. The van der Waals surface area contributed by atoms with E-state index in [-0.39, 0.29) is 4.90 Å². The van der Waals surface area contributed by atoms with E-state index in [0.717, 1.165) is 29.2 Å². The Morgan fingerprint density at radius 3 is 2.30 bits per heavy atom. The topological polar surface area (TPSA) is 43.4 Å². The van der Waals surface area contributed by atoms with Crippen molar-refractivity contribution < 1.29 is 12.6 Å². The molecule has 0 aromatic heterocycles. The van der Waals surface area contributed by atoms with E-state index in [1.54, 1.807) is 18.2 Å². The summed E-state index contributed by atoms with van der Waals surface area (Å²) in [4.78, 5) is 0.237. The van der Waals surface area contributed by atoms with E-state index in [2.05, 4.69) is 6.07 Å². The van der Waals surface area contributed by atoms with Crippen molar-refractivity contribution in [3.05, 3.63) is 71.3 Å². The lowest BCUT2D eigenvalue weighted by atomic mass is 10.1. The molecule has 1 aliphatic rings. The van der Waals surface area contributed by atoms with Crippen LogP contribution >= 0.6 is 0 Å². The minimum Gasteiger partial charge on any atom is -0.379 e. The molecular weight excluding hydrogens is 308 g/mol. The standard InChI is InChI=1S/C19H16O3S/c1-13-5-10-16(11-6-13)22-23(20,21)18-12-9-15-8-7-14-3-2-4-17(18)19(14)15/h2-6,9-12H,7-8H2,1H3. The molecule has 0 N–H and O–H groups in total. The molecule has 4 rings (SSSR count). The Balaban J connectivity index is 1.84. The van der Waals surface area contributed by atoms with E-state index in [4.69, 9.17) is 4.18 Å². The Bertz CT molecular complexity index is 992. The van der Waals surface area contributed by atoms with Gasteiger partial charge in [-0.1, -0.05) is 42.0 Å². The maximum atomic E-state index is 12.7. The maximum Gasteiger partial charge on any atom is 0.339 e. The third-order valence-electron chi connectivity index (χ3n) is 4.33. The van der Waals surface area contributed by atoms with Gasteiger partial charge in [0.05, 0.1) is 0 Å². The van der Waals surface area contributed by atoms with Crippen LogP contribution in [0, 0.1) is 6.92 Å². The van der Waals surface area contributed by atoms with E-state index in [1.165, 1.54) is 11.1 Å². The van der Waals surface area contributed by atoms with E-state index < -0.39 is 10.1 Å².